The van der Waals surface area contributed by atoms with Crippen LogP contribution in [0.1, 0.15) is 17.2 Å². The van der Waals surface area contributed by atoms with E-state index >= 15 is 0 Å². The van der Waals surface area contributed by atoms with Crippen LogP contribution < -0.4 is 4.74 Å². The zero-order chi connectivity index (χ0) is 23.4. The first-order chi connectivity index (χ1) is 15.9. The highest BCUT2D eigenvalue weighted by atomic mass is 19.1. The molecule has 0 aliphatic heterocycles. The number of amides is 1. The number of likely N-dealkylation sites (N-methyl/N-ethyl adjacent to an activating group) is 1. The Kier molecular flexibility index (Phi) is 6.60. The summed E-state index contributed by atoms with van der Waals surface area (Å²) < 4.78 is 21.6. The molecule has 33 heavy (non-hydrogen) atoms. The van der Waals surface area contributed by atoms with Gasteiger partial charge in [-0.15, -0.1) is 0 Å². The lowest BCUT2D eigenvalue weighted by molar-refractivity contribution is 0.0850. The summed E-state index contributed by atoms with van der Waals surface area (Å²) >= 11 is 0. The molecule has 4 rings (SSSR count). The molecule has 1 heterocycles. The number of hydrogen-bond acceptors (Lipinski definition) is 3. The van der Waals surface area contributed by atoms with Crippen molar-refractivity contribution in [2.75, 3.05) is 13.6 Å². The predicted octanol–water partition coefficient (Wildman–Crippen LogP) is 4.92. The molecule has 1 aromatic heterocycles. The van der Waals surface area contributed by atoms with Gasteiger partial charge in [-0.25, -0.2) is 9.18 Å². The maximum absolute atomic E-state index is 13.9. The summed E-state index contributed by atoms with van der Waals surface area (Å²) in [5.41, 5.74) is 2.20. The van der Waals surface area contributed by atoms with E-state index in [1.54, 1.807) is 24.3 Å². The summed E-state index contributed by atoms with van der Waals surface area (Å²) in [6.07, 6.45) is -0.205. The Hall–Kier alpha value is -3.84. The van der Waals surface area contributed by atoms with Crippen LogP contribution >= 0.6 is 0 Å². The number of rotatable bonds is 8. The van der Waals surface area contributed by atoms with Crippen molar-refractivity contribution in [3.8, 4) is 5.75 Å². The average molecular weight is 448 g/mol. The number of ether oxygens (including phenoxy) is 1. The molecular weight excluding hydrogens is 423 g/mol. The highest BCUT2D eigenvalue weighted by Crippen LogP contribution is 2.30. The first kappa shape index (κ1) is 22.4. The number of aliphatic hydroxyl groups excluding tert-OH is 1. The van der Waals surface area contributed by atoms with Crippen molar-refractivity contribution >= 4 is 17.0 Å². The maximum Gasteiger partial charge on any atom is 0.407 e. The zero-order valence-corrected chi connectivity index (χ0v) is 18.1. The lowest BCUT2D eigenvalue weighted by Crippen LogP contribution is -2.38. The van der Waals surface area contributed by atoms with E-state index in [4.69, 9.17) is 4.74 Å². The SMILES string of the molecule is CN(C[C@@H](O)[C@H](c1ccccc1)n1ccc2cc(OCc3ccccc3F)ccc21)C(=O)O. The molecule has 0 aliphatic carbocycles. The Balaban J connectivity index is 1.63. The predicted molar refractivity (Wildman–Crippen MR) is 124 cm³/mol. The molecule has 0 saturated heterocycles. The highest BCUT2D eigenvalue weighted by molar-refractivity contribution is 5.82. The van der Waals surface area contributed by atoms with Crippen LogP contribution in [-0.4, -0.2) is 45.5 Å². The van der Waals surface area contributed by atoms with E-state index in [9.17, 15) is 19.4 Å². The normalized spacial score (nSPS) is 12.9. The molecule has 2 atom stereocenters. The van der Waals surface area contributed by atoms with Gasteiger partial charge in [0, 0.05) is 29.7 Å². The fraction of sp³-hybridized carbons (Fsp3) is 0.192. The minimum absolute atomic E-state index is 0.0433. The Morgan fingerprint density at radius 3 is 2.52 bits per heavy atom. The van der Waals surface area contributed by atoms with Gasteiger partial charge in [0.15, 0.2) is 0 Å². The number of nitrogens with zero attached hydrogens (tertiary/aromatic N) is 2. The smallest absolute Gasteiger partial charge is 0.407 e. The molecule has 3 aromatic carbocycles. The van der Waals surface area contributed by atoms with Gasteiger partial charge in [-0.05, 0) is 35.9 Å². The first-order valence-corrected chi connectivity index (χ1v) is 10.6. The third kappa shape index (κ3) is 4.99. The second-order valence-corrected chi connectivity index (χ2v) is 7.91. The Bertz CT molecular complexity index is 1240. The summed E-state index contributed by atoms with van der Waals surface area (Å²) in [6.45, 7) is 0.0736. The molecule has 1 amide bonds. The van der Waals surface area contributed by atoms with Crippen molar-refractivity contribution in [3.05, 3.63) is 102 Å². The van der Waals surface area contributed by atoms with Crippen LogP contribution in [0.2, 0.25) is 0 Å². The fourth-order valence-corrected chi connectivity index (χ4v) is 3.93. The van der Waals surface area contributed by atoms with Gasteiger partial charge in [0.25, 0.3) is 0 Å². The van der Waals surface area contributed by atoms with E-state index < -0.39 is 18.2 Å². The summed E-state index contributed by atoms with van der Waals surface area (Å²) in [7, 11) is 1.43. The second kappa shape index (κ2) is 9.75. The van der Waals surface area contributed by atoms with Crippen molar-refractivity contribution in [3.63, 3.8) is 0 Å². The van der Waals surface area contributed by atoms with Crippen LogP contribution in [0.4, 0.5) is 9.18 Å². The summed E-state index contributed by atoms with van der Waals surface area (Å²) in [4.78, 5) is 12.4. The molecule has 6 nitrogen and oxygen atoms in total. The summed E-state index contributed by atoms with van der Waals surface area (Å²) in [6, 6.07) is 22.9. The number of benzene rings is 3. The molecule has 2 N–H and O–H groups in total. The number of aromatic nitrogens is 1. The van der Waals surface area contributed by atoms with E-state index in [0.29, 0.717) is 11.3 Å². The molecule has 0 bridgehead atoms. The van der Waals surface area contributed by atoms with Crippen LogP contribution in [0.5, 0.6) is 5.75 Å². The number of halogens is 1. The van der Waals surface area contributed by atoms with Gasteiger partial charge < -0.3 is 24.4 Å². The van der Waals surface area contributed by atoms with E-state index in [0.717, 1.165) is 21.4 Å². The number of fused-ring (bicyclic) bond motifs is 1. The molecule has 170 valence electrons. The highest BCUT2D eigenvalue weighted by Gasteiger charge is 2.26. The monoisotopic (exact) mass is 448 g/mol. The Morgan fingerprint density at radius 2 is 1.79 bits per heavy atom. The van der Waals surface area contributed by atoms with Crippen molar-refractivity contribution in [2.24, 2.45) is 0 Å². The molecule has 0 spiro atoms. The van der Waals surface area contributed by atoms with E-state index in [2.05, 4.69) is 0 Å². The summed E-state index contributed by atoms with van der Waals surface area (Å²) in [5, 5.41) is 21.1. The van der Waals surface area contributed by atoms with Crippen LogP contribution in [0.25, 0.3) is 10.9 Å². The second-order valence-electron chi connectivity index (χ2n) is 7.91. The van der Waals surface area contributed by atoms with E-state index in [-0.39, 0.29) is 19.0 Å². The molecule has 0 saturated carbocycles. The van der Waals surface area contributed by atoms with Crippen molar-refractivity contribution in [1.82, 2.24) is 9.47 Å². The standard InChI is InChI=1S/C26H25FN2O4/c1-28(26(31)32)16-24(30)25(18-7-3-2-4-8-18)29-14-13-19-15-21(11-12-23(19)29)33-17-20-9-5-6-10-22(20)27/h2-15,24-25,30H,16-17H2,1H3,(H,31,32)/t24-,25+/m1/s1. The molecule has 0 fully saturated rings. The lowest BCUT2D eigenvalue weighted by Gasteiger charge is -2.28. The quantitative estimate of drug-likeness (QED) is 0.401. The Morgan fingerprint density at radius 1 is 1.06 bits per heavy atom. The molecule has 7 heteroatoms. The zero-order valence-electron chi connectivity index (χ0n) is 18.1. The van der Waals surface area contributed by atoms with Gasteiger partial charge in [0.05, 0.1) is 18.7 Å². The van der Waals surface area contributed by atoms with Crippen molar-refractivity contribution in [1.29, 1.82) is 0 Å². The number of carbonyl (C=O) groups is 1. The van der Waals surface area contributed by atoms with Crippen LogP contribution in [-0.2, 0) is 6.61 Å². The average Bonchev–Trinajstić information content (AvgIpc) is 3.22. The summed E-state index contributed by atoms with van der Waals surface area (Å²) in [5.74, 6) is 0.293. The molecule has 0 aliphatic rings. The topological polar surface area (TPSA) is 74.9 Å². The fourth-order valence-electron chi connectivity index (χ4n) is 3.93. The third-order valence-electron chi connectivity index (χ3n) is 5.64. The van der Waals surface area contributed by atoms with Gasteiger partial charge in [0.2, 0.25) is 0 Å². The first-order valence-electron chi connectivity index (χ1n) is 10.6. The lowest BCUT2D eigenvalue weighted by atomic mass is 10.0. The minimum atomic E-state index is -1.10. The van der Waals surface area contributed by atoms with E-state index in [1.807, 2.05) is 59.3 Å². The van der Waals surface area contributed by atoms with Gasteiger partial charge in [-0.3, -0.25) is 0 Å². The van der Waals surface area contributed by atoms with Crippen molar-refractivity contribution < 1.29 is 24.1 Å². The number of aliphatic hydroxyl groups is 1. The van der Waals surface area contributed by atoms with Gasteiger partial charge in [-0.2, -0.15) is 0 Å². The van der Waals surface area contributed by atoms with Gasteiger partial charge >= 0.3 is 6.09 Å². The van der Waals surface area contributed by atoms with Crippen LogP contribution in [0.15, 0.2) is 85.1 Å². The molecule has 0 unspecified atom stereocenters. The van der Waals surface area contributed by atoms with Crippen molar-refractivity contribution in [2.45, 2.75) is 18.8 Å². The maximum atomic E-state index is 13.9. The largest absolute Gasteiger partial charge is 0.489 e. The molecule has 0 radical (unpaired) electrons. The molecule has 4 aromatic rings. The molecular formula is C26H25FN2O4. The third-order valence-corrected chi connectivity index (χ3v) is 5.64. The Labute approximate surface area is 191 Å². The minimum Gasteiger partial charge on any atom is -0.489 e. The van der Waals surface area contributed by atoms with E-state index in [1.165, 1.54) is 13.1 Å². The van der Waals surface area contributed by atoms with Crippen LogP contribution in [0, 0.1) is 5.82 Å². The van der Waals surface area contributed by atoms with Gasteiger partial charge in [-0.1, -0.05) is 48.5 Å². The van der Waals surface area contributed by atoms with Gasteiger partial charge in [0.1, 0.15) is 18.2 Å². The number of carboxylic acid groups (broad SMARTS) is 1. The van der Waals surface area contributed by atoms with Crippen LogP contribution in [0.3, 0.4) is 0 Å². The number of hydrogen-bond donors (Lipinski definition) is 2.